The number of phenolic OH excluding ortho intramolecular Hbond substituents is 1. The van der Waals surface area contributed by atoms with Gasteiger partial charge < -0.3 is 10.4 Å². The first-order valence-corrected chi connectivity index (χ1v) is 5.89. The molecule has 0 saturated heterocycles. The van der Waals surface area contributed by atoms with Crippen LogP contribution in [-0.4, -0.2) is 17.6 Å². The van der Waals surface area contributed by atoms with Gasteiger partial charge in [0.25, 0.3) is 5.91 Å². The Balaban J connectivity index is 2.39. The lowest BCUT2D eigenvalue weighted by atomic mass is 10.0. The Morgan fingerprint density at radius 3 is 2.67 bits per heavy atom. The third kappa shape index (κ3) is 2.51. The van der Waals surface area contributed by atoms with Crippen LogP contribution in [0, 0.1) is 0 Å². The lowest BCUT2D eigenvalue weighted by molar-refractivity contribution is 0.0956. The van der Waals surface area contributed by atoms with Crippen molar-refractivity contribution >= 4 is 5.91 Å². The minimum Gasteiger partial charge on any atom is -0.507 e. The summed E-state index contributed by atoms with van der Waals surface area (Å²) in [6.07, 6.45) is 0. The Kier molecular flexibility index (Phi) is 3.63. The molecule has 0 bridgehead atoms. The fourth-order valence-corrected chi connectivity index (χ4v) is 1.81. The topological polar surface area (TPSA) is 49.3 Å². The Morgan fingerprint density at radius 1 is 1.17 bits per heavy atom. The van der Waals surface area contributed by atoms with Gasteiger partial charge >= 0.3 is 0 Å². The number of benzene rings is 2. The summed E-state index contributed by atoms with van der Waals surface area (Å²) in [6, 6.07) is 14.3. The molecule has 0 unspecified atom stereocenters. The van der Waals surface area contributed by atoms with Crippen molar-refractivity contribution in [1.29, 1.82) is 0 Å². The van der Waals surface area contributed by atoms with Crippen LogP contribution in [0.4, 0.5) is 0 Å². The molecule has 92 valence electrons. The summed E-state index contributed by atoms with van der Waals surface area (Å²) in [5, 5.41) is 12.5. The van der Waals surface area contributed by atoms with Gasteiger partial charge in [0.15, 0.2) is 0 Å². The van der Waals surface area contributed by atoms with Gasteiger partial charge in [-0.1, -0.05) is 30.3 Å². The van der Waals surface area contributed by atoms with Gasteiger partial charge in [0.2, 0.25) is 0 Å². The van der Waals surface area contributed by atoms with Crippen molar-refractivity contribution in [2.24, 2.45) is 0 Å². The Hall–Kier alpha value is -2.29. The van der Waals surface area contributed by atoms with Crippen LogP contribution in [0.2, 0.25) is 0 Å². The van der Waals surface area contributed by atoms with Crippen molar-refractivity contribution in [2.45, 2.75) is 6.92 Å². The lowest BCUT2D eigenvalue weighted by Gasteiger charge is -2.07. The van der Waals surface area contributed by atoms with Gasteiger partial charge in [-0.25, -0.2) is 0 Å². The smallest absolute Gasteiger partial charge is 0.251 e. The van der Waals surface area contributed by atoms with E-state index in [2.05, 4.69) is 5.32 Å². The predicted molar refractivity (Wildman–Crippen MR) is 71.6 cm³/mol. The average Bonchev–Trinajstić information content (AvgIpc) is 2.40. The van der Waals surface area contributed by atoms with Gasteiger partial charge in [-0.15, -0.1) is 0 Å². The number of hydrogen-bond acceptors (Lipinski definition) is 2. The fraction of sp³-hybridized carbons (Fsp3) is 0.133. The summed E-state index contributed by atoms with van der Waals surface area (Å²) in [7, 11) is 0. The van der Waals surface area contributed by atoms with Gasteiger partial charge in [0.05, 0.1) is 0 Å². The maximum absolute atomic E-state index is 11.7. The highest BCUT2D eigenvalue weighted by molar-refractivity contribution is 5.95. The lowest BCUT2D eigenvalue weighted by Crippen LogP contribution is -2.22. The molecule has 3 nitrogen and oxygen atoms in total. The quantitative estimate of drug-likeness (QED) is 0.868. The van der Waals surface area contributed by atoms with Crippen LogP contribution in [0.15, 0.2) is 48.5 Å². The number of para-hydroxylation sites is 1. The predicted octanol–water partition coefficient (Wildman–Crippen LogP) is 2.81. The summed E-state index contributed by atoms with van der Waals surface area (Å²) in [4.78, 5) is 11.7. The summed E-state index contributed by atoms with van der Waals surface area (Å²) in [5.41, 5.74) is 2.15. The molecule has 3 heteroatoms. The van der Waals surface area contributed by atoms with Crippen LogP contribution >= 0.6 is 0 Å². The number of hydrogen-bond donors (Lipinski definition) is 2. The number of amides is 1. The molecule has 0 radical (unpaired) electrons. The van der Waals surface area contributed by atoms with E-state index >= 15 is 0 Å². The van der Waals surface area contributed by atoms with Crippen LogP contribution in [0.5, 0.6) is 5.75 Å². The van der Waals surface area contributed by atoms with E-state index < -0.39 is 0 Å². The van der Waals surface area contributed by atoms with Gasteiger partial charge in [0, 0.05) is 17.7 Å². The van der Waals surface area contributed by atoms with E-state index in [4.69, 9.17) is 0 Å². The third-order valence-corrected chi connectivity index (χ3v) is 2.68. The van der Waals surface area contributed by atoms with Crippen LogP contribution in [-0.2, 0) is 0 Å². The van der Waals surface area contributed by atoms with Crippen molar-refractivity contribution in [3.63, 3.8) is 0 Å². The molecule has 0 saturated carbocycles. The molecule has 0 spiro atoms. The van der Waals surface area contributed by atoms with Crippen LogP contribution in [0.1, 0.15) is 17.3 Å². The van der Waals surface area contributed by atoms with Gasteiger partial charge in [-0.05, 0) is 30.7 Å². The van der Waals surface area contributed by atoms with Gasteiger partial charge in [-0.2, -0.15) is 0 Å². The van der Waals surface area contributed by atoms with Crippen LogP contribution < -0.4 is 5.32 Å². The van der Waals surface area contributed by atoms with E-state index in [1.165, 1.54) is 0 Å². The molecule has 18 heavy (non-hydrogen) atoms. The third-order valence-electron chi connectivity index (χ3n) is 2.68. The van der Waals surface area contributed by atoms with E-state index in [0.717, 1.165) is 11.1 Å². The first-order valence-electron chi connectivity index (χ1n) is 5.89. The average molecular weight is 241 g/mol. The normalized spacial score (nSPS) is 10.1. The molecule has 0 fully saturated rings. The molecule has 1 amide bonds. The number of nitrogens with one attached hydrogen (secondary N) is 1. The van der Waals surface area contributed by atoms with Crippen molar-refractivity contribution in [2.75, 3.05) is 6.54 Å². The molecule has 2 aromatic rings. The number of phenols is 1. The van der Waals surface area contributed by atoms with Crippen molar-refractivity contribution in [3.05, 3.63) is 54.1 Å². The highest BCUT2D eigenvalue weighted by Crippen LogP contribution is 2.28. The number of carbonyl (C=O) groups is 1. The molecular weight excluding hydrogens is 226 g/mol. The SMILES string of the molecule is CCNC(=O)c1cccc(-c2ccccc2O)c1. The summed E-state index contributed by atoms with van der Waals surface area (Å²) < 4.78 is 0. The van der Waals surface area contributed by atoms with E-state index in [1.54, 1.807) is 24.3 Å². The molecule has 2 rings (SSSR count). The van der Waals surface area contributed by atoms with E-state index in [-0.39, 0.29) is 11.7 Å². The summed E-state index contributed by atoms with van der Waals surface area (Å²) in [5.74, 6) is 0.111. The van der Waals surface area contributed by atoms with Crippen LogP contribution in [0.3, 0.4) is 0 Å². The molecular formula is C15H15NO2. The molecule has 2 N–H and O–H groups in total. The molecule has 0 aliphatic rings. The molecule has 0 aliphatic heterocycles. The number of rotatable bonds is 3. The largest absolute Gasteiger partial charge is 0.507 e. The second-order valence-electron chi connectivity index (χ2n) is 3.96. The van der Waals surface area contributed by atoms with E-state index in [1.807, 2.05) is 31.2 Å². The van der Waals surface area contributed by atoms with E-state index in [9.17, 15) is 9.90 Å². The Labute approximate surface area is 106 Å². The number of carbonyl (C=O) groups excluding carboxylic acids is 1. The number of aromatic hydroxyl groups is 1. The maximum atomic E-state index is 11.7. The Morgan fingerprint density at radius 2 is 1.94 bits per heavy atom. The van der Waals surface area contributed by atoms with Gasteiger partial charge in [-0.3, -0.25) is 4.79 Å². The minimum absolute atomic E-state index is 0.102. The summed E-state index contributed by atoms with van der Waals surface area (Å²) >= 11 is 0. The second-order valence-corrected chi connectivity index (χ2v) is 3.96. The molecule has 0 heterocycles. The first-order chi connectivity index (χ1) is 8.72. The first kappa shape index (κ1) is 12.2. The summed E-state index contributed by atoms with van der Waals surface area (Å²) in [6.45, 7) is 2.48. The highest BCUT2D eigenvalue weighted by Gasteiger charge is 2.07. The zero-order valence-corrected chi connectivity index (χ0v) is 10.2. The monoisotopic (exact) mass is 241 g/mol. The standard InChI is InChI=1S/C15H15NO2/c1-2-16-15(18)12-7-5-6-11(10-12)13-8-3-4-9-14(13)17/h3-10,17H,2H2,1H3,(H,16,18). The van der Waals surface area contributed by atoms with Gasteiger partial charge in [0.1, 0.15) is 5.75 Å². The molecule has 0 aromatic heterocycles. The zero-order chi connectivity index (χ0) is 13.0. The Bertz CT molecular complexity index is 564. The van der Waals surface area contributed by atoms with Crippen molar-refractivity contribution in [1.82, 2.24) is 5.32 Å². The van der Waals surface area contributed by atoms with Crippen molar-refractivity contribution in [3.8, 4) is 16.9 Å². The molecule has 2 aromatic carbocycles. The molecule has 0 atom stereocenters. The maximum Gasteiger partial charge on any atom is 0.251 e. The van der Waals surface area contributed by atoms with Crippen molar-refractivity contribution < 1.29 is 9.90 Å². The van der Waals surface area contributed by atoms with E-state index in [0.29, 0.717) is 12.1 Å². The highest BCUT2D eigenvalue weighted by atomic mass is 16.3. The fourth-order valence-electron chi connectivity index (χ4n) is 1.81. The molecule has 0 aliphatic carbocycles. The minimum atomic E-state index is -0.102. The zero-order valence-electron chi connectivity index (χ0n) is 10.2. The second kappa shape index (κ2) is 5.36. The van der Waals surface area contributed by atoms with Crippen LogP contribution in [0.25, 0.3) is 11.1 Å².